The Balaban J connectivity index is 1.66. The first kappa shape index (κ1) is 16.2. The van der Waals surface area contributed by atoms with Gasteiger partial charge >= 0.3 is 6.09 Å². The average molecular weight is 347 g/mol. The van der Waals surface area contributed by atoms with Crippen LogP contribution in [0.4, 0.5) is 10.5 Å². The Labute approximate surface area is 144 Å². The summed E-state index contributed by atoms with van der Waals surface area (Å²) in [7, 11) is 1.73. The van der Waals surface area contributed by atoms with E-state index in [-0.39, 0.29) is 12.2 Å². The molecule has 9 heteroatoms. The van der Waals surface area contributed by atoms with Crippen LogP contribution in [0.25, 0.3) is 11.5 Å². The van der Waals surface area contributed by atoms with E-state index in [4.69, 9.17) is 21.5 Å². The van der Waals surface area contributed by atoms with Crippen molar-refractivity contribution >= 4 is 29.1 Å². The van der Waals surface area contributed by atoms with E-state index < -0.39 is 0 Å². The first-order chi connectivity index (χ1) is 11.6. The molecule has 2 N–H and O–H groups in total. The number of rotatable bonds is 4. The molecule has 8 nitrogen and oxygen atoms in total. The second-order valence-corrected chi connectivity index (χ2v) is 5.68. The number of anilines is 1. The van der Waals surface area contributed by atoms with Crippen LogP contribution in [0.15, 0.2) is 28.8 Å². The third-order valence-corrected chi connectivity index (χ3v) is 3.89. The van der Waals surface area contributed by atoms with E-state index in [1.165, 1.54) is 0 Å². The maximum atomic E-state index is 12.0. The molecule has 1 atom stereocenters. The molecule has 1 aromatic carbocycles. The van der Waals surface area contributed by atoms with Crippen LogP contribution in [-0.4, -0.2) is 47.6 Å². The monoisotopic (exact) mass is 347 g/mol. The molecule has 0 radical (unpaired) electrons. The normalized spacial score (nSPS) is 16.8. The number of thiocarbonyl (C=S) groups is 1. The Morgan fingerprint density at radius 2 is 2.17 bits per heavy atom. The highest BCUT2D eigenvalue weighted by atomic mass is 32.1. The van der Waals surface area contributed by atoms with E-state index in [0.29, 0.717) is 29.9 Å². The van der Waals surface area contributed by atoms with E-state index in [0.717, 1.165) is 11.3 Å². The SMILES string of the molecule is CNC(=S)NC[C@H]1CN(c2ccc(-c3nc(C)no3)cc2)C(=O)O1. The lowest BCUT2D eigenvalue weighted by Crippen LogP contribution is -2.39. The molecule has 1 amide bonds. The van der Waals surface area contributed by atoms with Crippen LogP contribution < -0.4 is 15.5 Å². The van der Waals surface area contributed by atoms with Crippen LogP contribution >= 0.6 is 12.2 Å². The summed E-state index contributed by atoms with van der Waals surface area (Å²) in [4.78, 5) is 17.8. The number of aromatic nitrogens is 2. The maximum Gasteiger partial charge on any atom is 0.414 e. The molecule has 0 unspecified atom stereocenters. The smallest absolute Gasteiger partial charge is 0.414 e. The minimum atomic E-state index is -0.376. The number of hydrogen-bond donors (Lipinski definition) is 2. The van der Waals surface area contributed by atoms with Gasteiger partial charge in [0.1, 0.15) is 6.10 Å². The lowest BCUT2D eigenvalue weighted by Gasteiger charge is -2.13. The highest BCUT2D eigenvalue weighted by Crippen LogP contribution is 2.25. The van der Waals surface area contributed by atoms with E-state index >= 15 is 0 Å². The standard InChI is InChI=1S/C15H17N5O3S/c1-9-18-13(23-19-9)10-3-5-11(6-4-10)20-8-12(22-15(20)21)7-17-14(24)16-2/h3-6,12H,7-8H2,1-2H3,(H2,16,17,24)/t12-/m0/s1. The number of cyclic esters (lactones) is 1. The van der Waals surface area contributed by atoms with E-state index in [9.17, 15) is 4.79 Å². The van der Waals surface area contributed by atoms with Gasteiger partial charge in [-0.1, -0.05) is 5.16 Å². The highest BCUT2D eigenvalue weighted by molar-refractivity contribution is 7.80. The molecular formula is C15H17N5O3S. The summed E-state index contributed by atoms with van der Waals surface area (Å²) in [6.45, 7) is 2.67. The number of ether oxygens (including phenoxy) is 1. The molecule has 0 spiro atoms. The zero-order valence-electron chi connectivity index (χ0n) is 13.3. The summed E-state index contributed by atoms with van der Waals surface area (Å²) >= 11 is 5.01. The van der Waals surface area contributed by atoms with Crippen molar-refractivity contribution in [3.05, 3.63) is 30.1 Å². The summed E-state index contributed by atoms with van der Waals surface area (Å²) in [6.07, 6.45) is -0.638. The maximum absolute atomic E-state index is 12.0. The van der Waals surface area contributed by atoms with Crippen molar-refractivity contribution in [3.63, 3.8) is 0 Å². The van der Waals surface area contributed by atoms with E-state index in [1.54, 1.807) is 18.9 Å². The summed E-state index contributed by atoms with van der Waals surface area (Å²) in [5.41, 5.74) is 1.54. The number of nitrogens with one attached hydrogen (secondary N) is 2. The molecule has 3 rings (SSSR count). The molecule has 1 fully saturated rings. The van der Waals surface area contributed by atoms with Crippen molar-refractivity contribution in [2.24, 2.45) is 0 Å². The molecule has 24 heavy (non-hydrogen) atoms. The van der Waals surface area contributed by atoms with Crippen LogP contribution in [0.5, 0.6) is 0 Å². The molecule has 1 aliphatic heterocycles. The minimum Gasteiger partial charge on any atom is -0.442 e. The number of carbonyl (C=O) groups excluding carboxylic acids is 1. The molecule has 1 aromatic heterocycles. The van der Waals surface area contributed by atoms with E-state index in [1.807, 2.05) is 24.3 Å². The predicted molar refractivity (Wildman–Crippen MR) is 91.7 cm³/mol. The molecule has 0 saturated carbocycles. The van der Waals surface area contributed by atoms with Crippen molar-refractivity contribution in [1.29, 1.82) is 0 Å². The molecule has 126 valence electrons. The van der Waals surface area contributed by atoms with Crippen LogP contribution in [-0.2, 0) is 4.74 Å². The van der Waals surface area contributed by atoms with Gasteiger partial charge in [-0.15, -0.1) is 0 Å². The quantitative estimate of drug-likeness (QED) is 0.803. The second kappa shape index (κ2) is 6.83. The first-order valence-corrected chi connectivity index (χ1v) is 7.82. The van der Waals surface area contributed by atoms with Crippen LogP contribution in [0.1, 0.15) is 5.82 Å². The average Bonchev–Trinajstić information content (AvgIpc) is 3.18. The number of aryl methyl sites for hydroxylation is 1. The van der Waals surface area contributed by atoms with Crippen LogP contribution in [0.3, 0.4) is 0 Å². The summed E-state index contributed by atoms with van der Waals surface area (Å²) in [6, 6.07) is 7.31. The van der Waals surface area contributed by atoms with E-state index in [2.05, 4.69) is 20.8 Å². The number of hydrogen-bond acceptors (Lipinski definition) is 6. The Bertz CT molecular complexity index is 746. The number of amides is 1. The molecule has 0 aliphatic carbocycles. The number of carbonyl (C=O) groups is 1. The largest absolute Gasteiger partial charge is 0.442 e. The fourth-order valence-electron chi connectivity index (χ4n) is 2.33. The number of benzene rings is 1. The molecule has 0 bridgehead atoms. The van der Waals surface area contributed by atoms with Crippen molar-refractivity contribution < 1.29 is 14.1 Å². The zero-order valence-corrected chi connectivity index (χ0v) is 14.1. The molecular weight excluding hydrogens is 330 g/mol. The van der Waals surface area contributed by atoms with Gasteiger partial charge in [0, 0.05) is 18.3 Å². The van der Waals surface area contributed by atoms with Gasteiger partial charge < -0.3 is 19.9 Å². The van der Waals surface area contributed by atoms with Gasteiger partial charge in [0.05, 0.1) is 13.1 Å². The predicted octanol–water partition coefficient (Wildman–Crippen LogP) is 1.46. The minimum absolute atomic E-state index is 0.262. The molecule has 2 aromatic rings. The first-order valence-electron chi connectivity index (χ1n) is 7.41. The lowest BCUT2D eigenvalue weighted by atomic mass is 10.2. The Morgan fingerprint density at radius 3 is 2.79 bits per heavy atom. The zero-order chi connectivity index (χ0) is 17.1. The fourth-order valence-corrected chi connectivity index (χ4v) is 2.42. The van der Waals surface area contributed by atoms with Crippen molar-refractivity contribution in [2.45, 2.75) is 13.0 Å². The van der Waals surface area contributed by atoms with Gasteiger partial charge in [-0.05, 0) is 43.4 Å². The molecule has 1 aliphatic rings. The molecule has 2 heterocycles. The number of nitrogens with zero attached hydrogens (tertiary/aromatic N) is 3. The summed E-state index contributed by atoms with van der Waals surface area (Å²) in [5.74, 6) is 1.03. The molecule has 1 saturated heterocycles. The van der Waals surface area contributed by atoms with Crippen LogP contribution in [0, 0.1) is 6.92 Å². The summed E-state index contributed by atoms with van der Waals surface area (Å²) < 4.78 is 10.5. The van der Waals surface area contributed by atoms with Crippen molar-refractivity contribution in [3.8, 4) is 11.5 Å². The Morgan fingerprint density at radius 1 is 1.42 bits per heavy atom. The van der Waals surface area contributed by atoms with Crippen molar-refractivity contribution in [2.75, 3.05) is 25.0 Å². The van der Waals surface area contributed by atoms with Gasteiger partial charge in [0.15, 0.2) is 10.9 Å². The fraction of sp³-hybridized carbons (Fsp3) is 0.333. The highest BCUT2D eigenvalue weighted by Gasteiger charge is 2.32. The van der Waals surface area contributed by atoms with Gasteiger partial charge in [-0.3, -0.25) is 4.90 Å². The van der Waals surface area contributed by atoms with Gasteiger partial charge in [0.25, 0.3) is 5.89 Å². The lowest BCUT2D eigenvalue weighted by molar-refractivity contribution is 0.143. The summed E-state index contributed by atoms with van der Waals surface area (Å²) in [5, 5.41) is 10.1. The third-order valence-electron chi connectivity index (χ3n) is 3.54. The topological polar surface area (TPSA) is 92.5 Å². The van der Waals surface area contributed by atoms with Gasteiger partial charge in [0.2, 0.25) is 0 Å². The van der Waals surface area contributed by atoms with Crippen LogP contribution in [0.2, 0.25) is 0 Å². The van der Waals surface area contributed by atoms with Gasteiger partial charge in [-0.2, -0.15) is 4.98 Å². The third kappa shape index (κ3) is 3.46. The van der Waals surface area contributed by atoms with Crippen molar-refractivity contribution in [1.82, 2.24) is 20.8 Å². The Kier molecular flexibility index (Phi) is 4.61. The second-order valence-electron chi connectivity index (χ2n) is 5.27. The Hall–Kier alpha value is -2.68. The van der Waals surface area contributed by atoms with Gasteiger partial charge in [-0.25, -0.2) is 4.79 Å².